The number of Topliss-reactive ketones (excluding diaryl/α,β-unsaturated/α-hetero) is 1. The lowest BCUT2D eigenvalue weighted by molar-refractivity contribution is 0.0922. The van der Waals surface area contributed by atoms with Crippen molar-refractivity contribution in [2.75, 3.05) is 37.6 Å². The van der Waals surface area contributed by atoms with Crippen molar-refractivity contribution >= 4 is 11.5 Å². The van der Waals surface area contributed by atoms with Crippen molar-refractivity contribution in [3.05, 3.63) is 54.0 Å². The molecule has 1 saturated heterocycles. The molecule has 23 heavy (non-hydrogen) atoms. The number of para-hydroxylation sites is 1. The maximum atomic E-state index is 12.1. The molecule has 1 fully saturated rings. The molecule has 4 heteroatoms. The van der Waals surface area contributed by atoms with E-state index in [4.69, 9.17) is 4.42 Å². The van der Waals surface area contributed by atoms with Gasteiger partial charge in [-0.1, -0.05) is 18.2 Å². The van der Waals surface area contributed by atoms with E-state index in [0.29, 0.717) is 12.3 Å². The zero-order valence-corrected chi connectivity index (χ0v) is 13.3. The Morgan fingerprint density at radius 3 is 2.57 bits per heavy atom. The van der Waals surface area contributed by atoms with Crippen LogP contribution in [-0.2, 0) is 6.42 Å². The first-order chi connectivity index (χ1) is 11.3. The minimum Gasteiger partial charge on any atom is -0.469 e. The van der Waals surface area contributed by atoms with E-state index in [-0.39, 0.29) is 5.78 Å². The number of furan rings is 1. The van der Waals surface area contributed by atoms with E-state index in [1.54, 1.807) is 6.26 Å². The van der Waals surface area contributed by atoms with Gasteiger partial charge in [0.25, 0.3) is 0 Å². The van der Waals surface area contributed by atoms with Crippen LogP contribution in [0.5, 0.6) is 0 Å². The van der Waals surface area contributed by atoms with Crippen LogP contribution < -0.4 is 4.90 Å². The van der Waals surface area contributed by atoms with Crippen molar-refractivity contribution in [1.29, 1.82) is 0 Å². The maximum absolute atomic E-state index is 12.1. The summed E-state index contributed by atoms with van der Waals surface area (Å²) in [5.74, 6) is 1.52. The van der Waals surface area contributed by atoms with E-state index in [1.807, 2.05) is 6.07 Å². The number of fused-ring (bicyclic) bond motifs is 1. The summed E-state index contributed by atoms with van der Waals surface area (Å²) in [5, 5.41) is 0. The number of carbonyl (C=O) groups excluding carboxylic acids is 1. The summed E-state index contributed by atoms with van der Waals surface area (Å²) in [6, 6.07) is 12.4. The summed E-state index contributed by atoms with van der Waals surface area (Å²) in [6.45, 7) is 5.22. The largest absolute Gasteiger partial charge is 0.469 e. The van der Waals surface area contributed by atoms with Crippen molar-refractivity contribution in [3.8, 4) is 0 Å². The van der Waals surface area contributed by atoms with Gasteiger partial charge in [0, 0.05) is 51.3 Å². The van der Waals surface area contributed by atoms with E-state index in [1.165, 1.54) is 5.69 Å². The standard InChI is InChI=1S/C19H22N2O2/c22-18-12-15(13-19-17(18)6-11-23-19)14-20-7-9-21(10-8-20)16-4-2-1-3-5-16/h1-6,11,15H,7-10,12-14H2/t15-/m0/s1. The summed E-state index contributed by atoms with van der Waals surface area (Å²) in [7, 11) is 0. The second-order valence-electron chi connectivity index (χ2n) is 6.58. The smallest absolute Gasteiger partial charge is 0.166 e. The van der Waals surface area contributed by atoms with E-state index in [0.717, 1.165) is 50.5 Å². The number of ketones is 1. The molecule has 1 aliphatic heterocycles. The molecule has 1 aromatic heterocycles. The Labute approximate surface area is 136 Å². The van der Waals surface area contributed by atoms with Crippen molar-refractivity contribution in [3.63, 3.8) is 0 Å². The number of hydrogen-bond donors (Lipinski definition) is 0. The van der Waals surface area contributed by atoms with E-state index < -0.39 is 0 Å². The Hall–Kier alpha value is -2.07. The molecule has 0 radical (unpaired) electrons. The molecule has 0 N–H and O–H groups in total. The summed E-state index contributed by atoms with van der Waals surface area (Å²) in [5.41, 5.74) is 2.11. The molecule has 2 aliphatic rings. The van der Waals surface area contributed by atoms with Crippen molar-refractivity contribution in [1.82, 2.24) is 4.90 Å². The van der Waals surface area contributed by atoms with Gasteiger partial charge in [0.05, 0.1) is 11.8 Å². The number of piperazine rings is 1. The fourth-order valence-corrected chi connectivity index (χ4v) is 3.78. The molecular formula is C19H22N2O2. The molecule has 4 nitrogen and oxygen atoms in total. The molecule has 1 aliphatic carbocycles. The fourth-order valence-electron chi connectivity index (χ4n) is 3.78. The predicted octanol–water partition coefficient (Wildman–Crippen LogP) is 2.85. The second kappa shape index (κ2) is 6.20. The topological polar surface area (TPSA) is 36.7 Å². The van der Waals surface area contributed by atoms with Crippen molar-refractivity contribution < 1.29 is 9.21 Å². The molecule has 0 unspecified atom stereocenters. The third-order valence-electron chi connectivity index (χ3n) is 5.00. The van der Waals surface area contributed by atoms with Crippen molar-refractivity contribution in [2.24, 2.45) is 5.92 Å². The van der Waals surface area contributed by atoms with Gasteiger partial charge in [0.15, 0.2) is 5.78 Å². The average Bonchev–Trinajstić information content (AvgIpc) is 3.05. The summed E-state index contributed by atoms with van der Waals surface area (Å²) in [4.78, 5) is 17.1. The Bertz CT molecular complexity index is 672. The highest BCUT2D eigenvalue weighted by Crippen LogP contribution is 2.27. The molecule has 0 spiro atoms. The van der Waals surface area contributed by atoms with Crippen LogP contribution in [0, 0.1) is 5.92 Å². The highest BCUT2D eigenvalue weighted by atomic mass is 16.3. The first kappa shape index (κ1) is 14.5. The SMILES string of the molecule is O=C1C[C@H](CN2CCN(c3ccccc3)CC2)Cc2occc21. The lowest BCUT2D eigenvalue weighted by Gasteiger charge is -2.38. The van der Waals surface area contributed by atoms with Crippen LogP contribution in [-0.4, -0.2) is 43.4 Å². The number of nitrogens with zero attached hydrogens (tertiary/aromatic N) is 2. The van der Waals surface area contributed by atoms with E-state index in [9.17, 15) is 4.79 Å². The number of anilines is 1. The first-order valence-corrected chi connectivity index (χ1v) is 8.41. The normalized spacial score (nSPS) is 22.2. The molecule has 0 amide bonds. The Kier molecular flexibility index (Phi) is 3.92. The van der Waals surface area contributed by atoms with Gasteiger partial charge in [0.1, 0.15) is 5.76 Å². The van der Waals surface area contributed by atoms with Gasteiger partial charge < -0.3 is 9.32 Å². The number of carbonyl (C=O) groups is 1. The van der Waals surface area contributed by atoms with E-state index >= 15 is 0 Å². The first-order valence-electron chi connectivity index (χ1n) is 8.41. The van der Waals surface area contributed by atoms with Crippen LogP contribution in [0.4, 0.5) is 5.69 Å². The quantitative estimate of drug-likeness (QED) is 0.873. The molecule has 1 aromatic carbocycles. The molecule has 2 aromatic rings. The summed E-state index contributed by atoms with van der Waals surface area (Å²) >= 11 is 0. The second-order valence-corrected chi connectivity index (χ2v) is 6.58. The Morgan fingerprint density at radius 2 is 1.78 bits per heavy atom. The van der Waals surface area contributed by atoms with Gasteiger partial charge in [-0.15, -0.1) is 0 Å². The van der Waals surface area contributed by atoms with Gasteiger partial charge >= 0.3 is 0 Å². The highest BCUT2D eigenvalue weighted by molar-refractivity contribution is 5.98. The molecular weight excluding hydrogens is 288 g/mol. The predicted molar refractivity (Wildman–Crippen MR) is 89.9 cm³/mol. The third kappa shape index (κ3) is 3.04. The Balaban J connectivity index is 1.33. The van der Waals surface area contributed by atoms with Crippen LogP contribution in [0.1, 0.15) is 22.5 Å². The highest BCUT2D eigenvalue weighted by Gasteiger charge is 2.29. The molecule has 0 saturated carbocycles. The monoisotopic (exact) mass is 310 g/mol. The fraction of sp³-hybridized carbons (Fsp3) is 0.421. The minimum atomic E-state index is 0.243. The Morgan fingerprint density at radius 1 is 1.00 bits per heavy atom. The van der Waals surface area contributed by atoms with E-state index in [2.05, 4.69) is 40.1 Å². The van der Waals surface area contributed by atoms with Crippen LogP contribution in [0.25, 0.3) is 0 Å². The number of rotatable bonds is 3. The molecule has 1 atom stereocenters. The molecule has 2 heterocycles. The maximum Gasteiger partial charge on any atom is 0.166 e. The van der Waals surface area contributed by atoms with Gasteiger partial charge in [0.2, 0.25) is 0 Å². The van der Waals surface area contributed by atoms with Gasteiger partial charge in [-0.05, 0) is 24.1 Å². The van der Waals surface area contributed by atoms with Crippen LogP contribution >= 0.6 is 0 Å². The zero-order chi connectivity index (χ0) is 15.6. The van der Waals surface area contributed by atoms with Gasteiger partial charge in [-0.2, -0.15) is 0 Å². The lowest BCUT2D eigenvalue weighted by Crippen LogP contribution is -2.48. The van der Waals surface area contributed by atoms with Gasteiger partial charge in [-0.3, -0.25) is 9.69 Å². The lowest BCUT2D eigenvalue weighted by atomic mass is 9.87. The van der Waals surface area contributed by atoms with Gasteiger partial charge in [-0.25, -0.2) is 0 Å². The van der Waals surface area contributed by atoms with Crippen molar-refractivity contribution in [2.45, 2.75) is 12.8 Å². The van der Waals surface area contributed by atoms with Crippen LogP contribution in [0.3, 0.4) is 0 Å². The summed E-state index contributed by atoms with van der Waals surface area (Å²) in [6.07, 6.45) is 3.20. The minimum absolute atomic E-state index is 0.243. The number of hydrogen-bond acceptors (Lipinski definition) is 4. The molecule has 0 bridgehead atoms. The average molecular weight is 310 g/mol. The van der Waals surface area contributed by atoms with Crippen LogP contribution in [0.15, 0.2) is 47.1 Å². The number of benzene rings is 1. The summed E-state index contributed by atoms with van der Waals surface area (Å²) < 4.78 is 5.47. The zero-order valence-electron chi connectivity index (χ0n) is 13.3. The molecule has 4 rings (SSSR count). The third-order valence-corrected chi connectivity index (χ3v) is 5.00. The molecule has 120 valence electrons. The van der Waals surface area contributed by atoms with Crippen LogP contribution in [0.2, 0.25) is 0 Å².